The van der Waals surface area contributed by atoms with Crippen molar-refractivity contribution in [3.63, 3.8) is 0 Å². The standard InChI is InChI=1S/C23H28N6/c1-16-10-12-29(13-11-16)20-7-5-19(6-8-20)25-22-15-24-28-23(27-22)26-21-9-4-17(2)14-18(21)3/h4-9,14-16H,10-13H2,1-3H3,(H2,25,26,27,28). The van der Waals surface area contributed by atoms with Gasteiger partial charge in [-0.05, 0) is 68.5 Å². The fourth-order valence-electron chi connectivity index (χ4n) is 3.66. The lowest BCUT2D eigenvalue weighted by atomic mass is 9.99. The second-order valence-corrected chi connectivity index (χ2v) is 7.95. The van der Waals surface area contributed by atoms with Gasteiger partial charge in [-0.15, -0.1) is 5.10 Å². The highest BCUT2D eigenvalue weighted by molar-refractivity contribution is 5.63. The molecule has 0 saturated carbocycles. The zero-order valence-electron chi connectivity index (χ0n) is 17.3. The Labute approximate surface area is 172 Å². The zero-order chi connectivity index (χ0) is 20.2. The lowest BCUT2D eigenvalue weighted by molar-refractivity contribution is 0.438. The Morgan fingerprint density at radius 2 is 1.72 bits per heavy atom. The van der Waals surface area contributed by atoms with Gasteiger partial charge in [0.1, 0.15) is 0 Å². The first-order valence-corrected chi connectivity index (χ1v) is 10.2. The molecule has 4 rings (SSSR count). The molecule has 0 atom stereocenters. The molecule has 0 unspecified atom stereocenters. The zero-order valence-corrected chi connectivity index (χ0v) is 17.3. The van der Waals surface area contributed by atoms with Crippen LogP contribution in [0.15, 0.2) is 48.7 Å². The van der Waals surface area contributed by atoms with Crippen LogP contribution < -0.4 is 15.5 Å². The molecular weight excluding hydrogens is 360 g/mol. The van der Waals surface area contributed by atoms with Crippen molar-refractivity contribution in [1.82, 2.24) is 15.2 Å². The van der Waals surface area contributed by atoms with E-state index in [2.05, 4.69) is 87.9 Å². The lowest BCUT2D eigenvalue weighted by Crippen LogP contribution is -2.32. The lowest BCUT2D eigenvalue weighted by Gasteiger charge is -2.32. The maximum Gasteiger partial charge on any atom is 0.249 e. The largest absolute Gasteiger partial charge is 0.372 e. The van der Waals surface area contributed by atoms with Crippen LogP contribution in [0.2, 0.25) is 0 Å². The topological polar surface area (TPSA) is 66.0 Å². The van der Waals surface area contributed by atoms with Gasteiger partial charge in [-0.2, -0.15) is 10.1 Å². The van der Waals surface area contributed by atoms with E-state index in [-0.39, 0.29) is 0 Å². The fraction of sp³-hybridized carbons (Fsp3) is 0.348. The number of nitrogens with zero attached hydrogens (tertiary/aromatic N) is 4. The first-order chi connectivity index (χ1) is 14.1. The number of hydrogen-bond acceptors (Lipinski definition) is 6. The summed E-state index contributed by atoms with van der Waals surface area (Å²) in [5.41, 5.74) is 5.62. The van der Waals surface area contributed by atoms with Gasteiger partial charge in [0.2, 0.25) is 5.95 Å². The van der Waals surface area contributed by atoms with Gasteiger partial charge < -0.3 is 15.5 Å². The van der Waals surface area contributed by atoms with E-state index in [9.17, 15) is 0 Å². The van der Waals surface area contributed by atoms with Gasteiger partial charge >= 0.3 is 0 Å². The average Bonchev–Trinajstić information content (AvgIpc) is 2.72. The second-order valence-electron chi connectivity index (χ2n) is 7.95. The fourth-order valence-corrected chi connectivity index (χ4v) is 3.66. The van der Waals surface area contributed by atoms with E-state index in [1.807, 2.05) is 6.07 Å². The van der Waals surface area contributed by atoms with Gasteiger partial charge in [-0.1, -0.05) is 24.6 Å². The Morgan fingerprint density at radius 1 is 0.966 bits per heavy atom. The maximum absolute atomic E-state index is 4.54. The van der Waals surface area contributed by atoms with Crippen molar-refractivity contribution in [3.8, 4) is 0 Å². The van der Waals surface area contributed by atoms with Crippen molar-refractivity contribution in [2.24, 2.45) is 5.92 Å². The van der Waals surface area contributed by atoms with Gasteiger partial charge in [0.25, 0.3) is 0 Å². The minimum Gasteiger partial charge on any atom is -0.372 e. The molecule has 1 fully saturated rings. The molecule has 0 spiro atoms. The van der Waals surface area contributed by atoms with Crippen molar-refractivity contribution < 1.29 is 0 Å². The van der Waals surface area contributed by atoms with E-state index in [1.165, 1.54) is 24.1 Å². The summed E-state index contributed by atoms with van der Waals surface area (Å²) in [5, 5.41) is 14.7. The highest BCUT2D eigenvalue weighted by Gasteiger charge is 2.15. The van der Waals surface area contributed by atoms with Crippen LogP contribution in [-0.4, -0.2) is 28.3 Å². The van der Waals surface area contributed by atoms with Crippen LogP contribution in [0.5, 0.6) is 0 Å². The number of hydrogen-bond donors (Lipinski definition) is 2. The van der Waals surface area contributed by atoms with Crippen molar-refractivity contribution >= 4 is 28.8 Å². The van der Waals surface area contributed by atoms with Crippen LogP contribution in [-0.2, 0) is 0 Å². The van der Waals surface area contributed by atoms with Crippen molar-refractivity contribution in [2.45, 2.75) is 33.6 Å². The van der Waals surface area contributed by atoms with E-state index in [0.29, 0.717) is 11.8 Å². The Bertz CT molecular complexity index is 961. The molecule has 1 aliphatic heterocycles. The van der Waals surface area contributed by atoms with Gasteiger partial charge in [-0.3, -0.25) is 0 Å². The Balaban J connectivity index is 1.42. The molecule has 1 saturated heterocycles. The highest BCUT2D eigenvalue weighted by Crippen LogP contribution is 2.25. The van der Waals surface area contributed by atoms with E-state index >= 15 is 0 Å². The summed E-state index contributed by atoms with van der Waals surface area (Å²) < 4.78 is 0. The number of rotatable bonds is 5. The van der Waals surface area contributed by atoms with Crippen LogP contribution in [0.4, 0.5) is 28.8 Å². The van der Waals surface area contributed by atoms with Crippen molar-refractivity contribution in [2.75, 3.05) is 28.6 Å². The van der Waals surface area contributed by atoms with E-state index in [0.717, 1.165) is 35.9 Å². The monoisotopic (exact) mass is 388 g/mol. The molecule has 0 amide bonds. The third kappa shape index (κ3) is 4.83. The maximum atomic E-state index is 4.54. The molecule has 3 aromatic rings. The number of aryl methyl sites for hydroxylation is 2. The number of nitrogens with one attached hydrogen (secondary N) is 2. The summed E-state index contributed by atoms with van der Waals surface area (Å²) in [7, 11) is 0. The molecule has 1 aromatic heterocycles. The first-order valence-electron chi connectivity index (χ1n) is 10.2. The van der Waals surface area contributed by atoms with Crippen LogP contribution in [0.25, 0.3) is 0 Å². The van der Waals surface area contributed by atoms with Gasteiger partial charge in [0.05, 0.1) is 6.20 Å². The van der Waals surface area contributed by atoms with Gasteiger partial charge in [0, 0.05) is 30.2 Å². The van der Waals surface area contributed by atoms with Crippen LogP contribution >= 0.6 is 0 Å². The summed E-state index contributed by atoms with van der Waals surface area (Å²) in [4.78, 5) is 7.00. The number of benzene rings is 2. The normalized spacial score (nSPS) is 14.7. The molecule has 2 aromatic carbocycles. The molecule has 6 heteroatoms. The van der Waals surface area contributed by atoms with Crippen LogP contribution in [0, 0.1) is 19.8 Å². The predicted molar refractivity (Wildman–Crippen MR) is 119 cm³/mol. The molecule has 2 heterocycles. The third-order valence-corrected chi connectivity index (χ3v) is 5.48. The van der Waals surface area contributed by atoms with Crippen LogP contribution in [0.1, 0.15) is 30.9 Å². The second kappa shape index (κ2) is 8.47. The Hall–Kier alpha value is -3.15. The predicted octanol–water partition coefficient (Wildman–Crippen LogP) is 5.21. The molecule has 0 radical (unpaired) electrons. The minimum absolute atomic E-state index is 0.473. The van der Waals surface area contributed by atoms with Crippen molar-refractivity contribution in [3.05, 3.63) is 59.8 Å². The molecule has 6 nitrogen and oxygen atoms in total. The Kier molecular flexibility index (Phi) is 5.60. The highest BCUT2D eigenvalue weighted by atomic mass is 15.3. The minimum atomic E-state index is 0.473. The Morgan fingerprint density at radius 3 is 2.45 bits per heavy atom. The summed E-state index contributed by atoms with van der Waals surface area (Å²) >= 11 is 0. The summed E-state index contributed by atoms with van der Waals surface area (Å²) in [6.45, 7) is 8.75. The molecular formula is C23H28N6. The van der Waals surface area contributed by atoms with Gasteiger partial charge in [-0.25, -0.2) is 0 Å². The van der Waals surface area contributed by atoms with Crippen LogP contribution in [0.3, 0.4) is 0 Å². The molecule has 150 valence electrons. The first kappa shape index (κ1) is 19.2. The van der Waals surface area contributed by atoms with E-state index < -0.39 is 0 Å². The number of piperidine rings is 1. The number of aromatic nitrogens is 3. The van der Waals surface area contributed by atoms with E-state index in [1.54, 1.807) is 6.20 Å². The molecule has 2 N–H and O–H groups in total. The van der Waals surface area contributed by atoms with Crippen molar-refractivity contribution in [1.29, 1.82) is 0 Å². The number of anilines is 5. The molecule has 0 aliphatic carbocycles. The summed E-state index contributed by atoms with van der Waals surface area (Å²) in [6.07, 6.45) is 4.17. The summed E-state index contributed by atoms with van der Waals surface area (Å²) in [6, 6.07) is 14.7. The average molecular weight is 389 g/mol. The smallest absolute Gasteiger partial charge is 0.249 e. The van der Waals surface area contributed by atoms with E-state index in [4.69, 9.17) is 0 Å². The SMILES string of the molecule is Cc1ccc(Nc2nncc(Nc3ccc(N4CCC(C)CC4)cc3)n2)c(C)c1. The van der Waals surface area contributed by atoms with Gasteiger partial charge in [0.15, 0.2) is 5.82 Å². The quantitative estimate of drug-likeness (QED) is 0.625. The summed E-state index contributed by atoms with van der Waals surface area (Å²) in [5.74, 6) is 1.97. The third-order valence-electron chi connectivity index (χ3n) is 5.48. The molecule has 0 bridgehead atoms. The molecule has 29 heavy (non-hydrogen) atoms. The molecule has 1 aliphatic rings.